The van der Waals surface area contributed by atoms with Crippen LogP contribution in [0.4, 0.5) is 5.69 Å². The van der Waals surface area contributed by atoms with Crippen LogP contribution in [0.3, 0.4) is 0 Å². The van der Waals surface area contributed by atoms with E-state index in [0.29, 0.717) is 11.1 Å². The van der Waals surface area contributed by atoms with Crippen LogP contribution in [0.15, 0.2) is 18.5 Å². The number of ether oxygens (including phenoxy) is 1. The Kier molecular flexibility index (Phi) is 3.80. The van der Waals surface area contributed by atoms with E-state index in [1.165, 1.54) is 12.8 Å². The summed E-state index contributed by atoms with van der Waals surface area (Å²) in [6, 6.07) is 1.88. The van der Waals surface area contributed by atoms with Gasteiger partial charge in [-0.05, 0) is 25.3 Å². The molecule has 1 atom stereocenters. The number of nitrogens with zero attached hydrogens (tertiary/aromatic N) is 1. The molecule has 0 aromatic carbocycles. The van der Waals surface area contributed by atoms with Gasteiger partial charge in [0, 0.05) is 25.5 Å². The lowest BCUT2D eigenvalue weighted by atomic mass is 10.1. The highest BCUT2D eigenvalue weighted by molar-refractivity contribution is 6.33. The SMILES string of the molecule is Clc1cnccc1NCC1CCCCO1. The van der Waals surface area contributed by atoms with E-state index in [1.807, 2.05) is 6.07 Å². The van der Waals surface area contributed by atoms with Crippen molar-refractivity contribution in [2.75, 3.05) is 18.5 Å². The van der Waals surface area contributed by atoms with E-state index in [2.05, 4.69) is 10.3 Å². The number of anilines is 1. The van der Waals surface area contributed by atoms with Crippen LogP contribution < -0.4 is 5.32 Å². The predicted molar refractivity (Wildman–Crippen MR) is 61.3 cm³/mol. The average molecular weight is 227 g/mol. The van der Waals surface area contributed by atoms with Crippen molar-refractivity contribution in [1.82, 2.24) is 4.98 Å². The maximum atomic E-state index is 5.98. The Hall–Kier alpha value is -0.800. The van der Waals surface area contributed by atoms with Crippen LogP contribution in [-0.2, 0) is 4.74 Å². The van der Waals surface area contributed by atoms with Crippen molar-refractivity contribution in [3.8, 4) is 0 Å². The normalized spacial score (nSPS) is 21.3. The van der Waals surface area contributed by atoms with Gasteiger partial charge in [-0.2, -0.15) is 0 Å². The molecule has 4 heteroatoms. The molecule has 2 heterocycles. The maximum Gasteiger partial charge on any atom is 0.0820 e. The first-order chi connectivity index (χ1) is 7.36. The summed E-state index contributed by atoms with van der Waals surface area (Å²) in [6.07, 6.45) is 7.28. The fraction of sp³-hybridized carbons (Fsp3) is 0.545. The minimum atomic E-state index is 0.322. The van der Waals surface area contributed by atoms with Crippen LogP contribution in [0.5, 0.6) is 0 Å². The number of pyridine rings is 1. The molecule has 1 aliphatic heterocycles. The van der Waals surface area contributed by atoms with Crippen molar-refractivity contribution >= 4 is 17.3 Å². The highest BCUT2D eigenvalue weighted by Crippen LogP contribution is 2.20. The Labute approximate surface area is 94.8 Å². The topological polar surface area (TPSA) is 34.2 Å². The second-order valence-corrected chi connectivity index (χ2v) is 4.13. The number of nitrogens with one attached hydrogen (secondary N) is 1. The zero-order valence-electron chi connectivity index (χ0n) is 8.58. The lowest BCUT2D eigenvalue weighted by Crippen LogP contribution is -2.27. The first-order valence-electron chi connectivity index (χ1n) is 5.31. The van der Waals surface area contributed by atoms with Gasteiger partial charge in [0.15, 0.2) is 0 Å². The monoisotopic (exact) mass is 226 g/mol. The summed E-state index contributed by atoms with van der Waals surface area (Å²) in [5, 5.41) is 3.95. The van der Waals surface area contributed by atoms with Crippen molar-refractivity contribution < 1.29 is 4.74 Å². The number of halogens is 1. The van der Waals surface area contributed by atoms with Crippen molar-refractivity contribution in [2.45, 2.75) is 25.4 Å². The minimum absolute atomic E-state index is 0.322. The number of aromatic nitrogens is 1. The van der Waals surface area contributed by atoms with E-state index < -0.39 is 0 Å². The van der Waals surface area contributed by atoms with Crippen molar-refractivity contribution in [1.29, 1.82) is 0 Å². The van der Waals surface area contributed by atoms with Gasteiger partial charge < -0.3 is 10.1 Å². The Morgan fingerprint density at radius 2 is 2.47 bits per heavy atom. The van der Waals surface area contributed by atoms with Gasteiger partial charge in [-0.1, -0.05) is 11.6 Å². The van der Waals surface area contributed by atoms with Crippen molar-refractivity contribution in [2.24, 2.45) is 0 Å². The highest BCUT2D eigenvalue weighted by atomic mass is 35.5. The van der Waals surface area contributed by atoms with E-state index in [4.69, 9.17) is 16.3 Å². The first-order valence-corrected chi connectivity index (χ1v) is 5.69. The third-order valence-electron chi connectivity index (χ3n) is 2.57. The van der Waals surface area contributed by atoms with E-state index in [0.717, 1.165) is 25.3 Å². The Morgan fingerprint density at radius 1 is 1.53 bits per heavy atom. The molecule has 0 amide bonds. The second-order valence-electron chi connectivity index (χ2n) is 3.73. The van der Waals surface area contributed by atoms with Gasteiger partial charge in [-0.25, -0.2) is 0 Å². The molecule has 0 bridgehead atoms. The first kappa shape index (κ1) is 10.7. The van der Waals surface area contributed by atoms with E-state index in [1.54, 1.807) is 12.4 Å². The fourth-order valence-electron chi connectivity index (χ4n) is 1.71. The van der Waals surface area contributed by atoms with Crippen LogP contribution in [0.1, 0.15) is 19.3 Å². The van der Waals surface area contributed by atoms with Gasteiger partial charge in [0.1, 0.15) is 0 Å². The van der Waals surface area contributed by atoms with Crippen LogP contribution in [0.25, 0.3) is 0 Å². The largest absolute Gasteiger partial charge is 0.381 e. The van der Waals surface area contributed by atoms with Crippen LogP contribution in [0.2, 0.25) is 5.02 Å². The summed E-state index contributed by atoms with van der Waals surface area (Å²) in [5.74, 6) is 0. The summed E-state index contributed by atoms with van der Waals surface area (Å²) < 4.78 is 5.62. The molecule has 2 rings (SSSR count). The number of hydrogen-bond acceptors (Lipinski definition) is 3. The molecule has 82 valence electrons. The molecule has 1 aromatic heterocycles. The van der Waals surface area contributed by atoms with E-state index in [-0.39, 0.29) is 0 Å². The summed E-state index contributed by atoms with van der Waals surface area (Å²) in [4.78, 5) is 3.94. The number of hydrogen-bond donors (Lipinski definition) is 1. The fourth-order valence-corrected chi connectivity index (χ4v) is 1.90. The molecule has 0 saturated carbocycles. The van der Waals surface area contributed by atoms with Gasteiger partial charge in [0.05, 0.1) is 16.8 Å². The summed E-state index contributed by atoms with van der Waals surface area (Å²) in [6.45, 7) is 1.71. The molecule has 3 nitrogen and oxygen atoms in total. The Bertz CT molecular complexity index is 313. The maximum absolute atomic E-state index is 5.98. The average Bonchev–Trinajstić information content (AvgIpc) is 2.29. The molecule has 1 aliphatic rings. The van der Waals surface area contributed by atoms with Crippen molar-refractivity contribution in [3.63, 3.8) is 0 Å². The predicted octanol–water partition coefficient (Wildman–Crippen LogP) is 2.72. The molecular formula is C11H15ClN2O. The smallest absolute Gasteiger partial charge is 0.0820 e. The van der Waals surface area contributed by atoms with Gasteiger partial charge in [-0.15, -0.1) is 0 Å². The molecule has 1 N–H and O–H groups in total. The molecule has 0 spiro atoms. The van der Waals surface area contributed by atoms with Crippen LogP contribution in [0, 0.1) is 0 Å². The quantitative estimate of drug-likeness (QED) is 0.861. The third-order valence-corrected chi connectivity index (χ3v) is 2.87. The zero-order chi connectivity index (χ0) is 10.5. The highest BCUT2D eigenvalue weighted by Gasteiger charge is 2.13. The Morgan fingerprint density at radius 3 is 3.20 bits per heavy atom. The molecule has 1 saturated heterocycles. The second kappa shape index (κ2) is 5.33. The molecule has 1 fully saturated rings. The Balaban J connectivity index is 1.84. The van der Waals surface area contributed by atoms with Gasteiger partial charge >= 0.3 is 0 Å². The lowest BCUT2D eigenvalue weighted by Gasteiger charge is -2.23. The molecule has 0 aliphatic carbocycles. The lowest BCUT2D eigenvalue weighted by molar-refractivity contribution is 0.0247. The van der Waals surface area contributed by atoms with Crippen LogP contribution in [-0.4, -0.2) is 24.2 Å². The summed E-state index contributed by atoms with van der Waals surface area (Å²) >= 11 is 5.98. The van der Waals surface area contributed by atoms with Gasteiger partial charge in [0.25, 0.3) is 0 Å². The molecule has 1 unspecified atom stereocenters. The van der Waals surface area contributed by atoms with Crippen LogP contribution >= 0.6 is 11.6 Å². The zero-order valence-corrected chi connectivity index (χ0v) is 9.33. The van der Waals surface area contributed by atoms with Gasteiger partial charge in [0.2, 0.25) is 0 Å². The summed E-state index contributed by atoms with van der Waals surface area (Å²) in [7, 11) is 0. The standard InChI is InChI=1S/C11H15ClN2O/c12-10-8-13-5-4-11(10)14-7-9-3-1-2-6-15-9/h4-5,8-9H,1-3,6-7H2,(H,13,14). The van der Waals surface area contributed by atoms with Crippen molar-refractivity contribution in [3.05, 3.63) is 23.5 Å². The van der Waals surface area contributed by atoms with E-state index >= 15 is 0 Å². The van der Waals surface area contributed by atoms with E-state index in [9.17, 15) is 0 Å². The molecule has 1 aromatic rings. The molecule has 0 radical (unpaired) electrons. The van der Waals surface area contributed by atoms with Gasteiger partial charge in [-0.3, -0.25) is 4.98 Å². The third kappa shape index (κ3) is 3.08. The number of rotatable bonds is 3. The summed E-state index contributed by atoms with van der Waals surface area (Å²) in [5.41, 5.74) is 0.931. The molecular weight excluding hydrogens is 212 g/mol. The molecule has 15 heavy (non-hydrogen) atoms. The minimum Gasteiger partial charge on any atom is -0.381 e.